The molecule has 1 aliphatic heterocycles. The van der Waals surface area contributed by atoms with Crippen LogP contribution in [0.4, 0.5) is 0 Å². The molecule has 1 aliphatic rings. The number of rotatable bonds is 4. The Kier molecular flexibility index (Phi) is 4.04. The molecule has 3 rings (SSSR count). The van der Waals surface area contributed by atoms with Gasteiger partial charge in [-0.15, -0.1) is 0 Å². The number of hydrogen-bond donors (Lipinski definition) is 1. The van der Waals surface area contributed by atoms with Gasteiger partial charge in [0.25, 0.3) is 10.0 Å². The Balaban J connectivity index is 1.78. The SMILES string of the molecule is O=S(=O)(N/N=C\c1cc2c(cc1Br)OCO2)c1ccccc1. The minimum absolute atomic E-state index is 0.150. The third-order valence-corrected chi connectivity index (χ3v) is 4.85. The molecule has 0 aliphatic carbocycles. The molecule has 114 valence electrons. The summed E-state index contributed by atoms with van der Waals surface area (Å²) < 4.78 is 35.3. The van der Waals surface area contributed by atoms with E-state index in [4.69, 9.17) is 9.47 Å². The van der Waals surface area contributed by atoms with Crippen LogP contribution in [-0.4, -0.2) is 21.4 Å². The lowest BCUT2D eigenvalue weighted by atomic mass is 10.2. The first-order valence-electron chi connectivity index (χ1n) is 6.25. The van der Waals surface area contributed by atoms with Gasteiger partial charge < -0.3 is 9.47 Å². The molecule has 6 nitrogen and oxygen atoms in total. The van der Waals surface area contributed by atoms with Gasteiger partial charge in [-0.25, -0.2) is 4.83 Å². The lowest BCUT2D eigenvalue weighted by Gasteiger charge is -2.04. The van der Waals surface area contributed by atoms with Gasteiger partial charge in [-0.2, -0.15) is 13.5 Å². The van der Waals surface area contributed by atoms with Crippen molar-refractivity contribution in [2.24, 2.45) is 5.10 Å². The van der Waals surface area contributed by atoms with E-state index in [1.54, 1.807) is 30.3 Å². The summed E-state index contributed by atoms with van der Waals surface area (Å²) in [6, 6.07) is 11.5. The maximum atomic E-state index is 12.0. The molecule has 0 amide bonds. The molecule has 22 heavy (non-hydrogen) atoms. The molecule has 0 bridgehead atoms. The number of halogens is 1. The topological polar surface area (TPSA) is 77.0 Å². The molecule has 0 unspecified atom stereocenters. The summed E-state index contributed by atoms with van der Waals surface area (Å²) in [6.07, 6.45) is 1.40. The van der Waals surface area contributed by atoms with Crippen molar-refractivity contribution in [3.05, 3.63) is 52.5 Å². The second-order valence-corrected chi connectivity index (χ2v) is 6.91. The lowest BCUT2D eigenvalue weighted by Crippen LogP contribution is -2.18. The van der Waals surface area contributed by atoms with E-state index in [0.717, 1.165) is 4.47 Å². The van der Waals surface area contributed by atoms with Crippen LogP contribution in [0.3, 0.4) is 0 Å². The summed E-state index contributed by atoms with van der Waals surface area (Å²) in [7, 11) is -3.67. The molecule has 1 heterocycles. The number of nitrogens with one attached hydrogen (secondary N) is 1. The third-order valence-electron chi connectivity index (χ3n) is 2.92. The van der Waals surface area contributed by atoms with Gasteiger partial charge in [0.1, 0.15) is 0 Å². The van der Waals surface area contributed by atoms with Crippen molar-refractivity contribution in [1.29, 1.82) is 0 Å². The normalized spacial score (nSPS) is 13.5. The molecule has 2 aromatic rings. The number of sulfonamides is 1. The van der Waals surface area contributed by atoms with Crippen LogP contribution in [0.2, 0.25) is 0 Å². The highest BCUT2D eigenvalue weighted by Crippen LogP contribution is 2.36. The Morgan fingerprint density at radius 3 is 2.55 bits per heavy atom. The molecule has 0 aromatic heterocycles. The van der Waals surface area contributed by atoms with E-state index in [1.807, 2.05) is 0 Å². The highest BCUT2D eigenvalue weighted by atomic mass is 79.9. The van der Waals surface area contributed by atoms with Crippen molar-refractivity contribution in [2.75, 3.05) is 6.79 Å². The average Bonchev–Trinajstić information content (AvgIpc) is 2.95. The number of hydrazone groups is 1. The second-order valence-electron chi connectivity index (χ2n) is 4.39. The molecular formula is C14H11BrN2O4S. The summed E-state index contributed by atoms with van der Waals surface area (Å²) in [5.74, 6) is 1.23. The van der Waals surface area contributed by atoms with Crippen LogP contribution < -0.4 is 14.3 Å². The van der Waals surface area contributed by atoms with E-state index < -0.39 is 10.0 Å². The van der Waals surface area contributed by atoms with E-state index >= 15 is 0 Å². The first kappa shape index (κ1) is 14.9. The number of hydrogen-bond acceptors (Lipinski definition) is 5. The van der Waals surface area contributed by atoms with E-state index in [9.17, 15) is 8.42 Å². The molecule has 0 radical (unpaired) electrons. The van der Waals surface area contributed by atoms with Gasteiger partial charge in [-0.3, -0.25) is 0 Å². The number of ether oxygens (including phenoxy) is 2. The minimum atomic E-state index is -3.67. The minimum Gasteiger partial charge on any atom is -0.454 e. The van der Waals surface area contributed by atoms with Crippen LogP contribution in [0.15, 0.2) is 56.9 Å². The van der Waals surface area contributed by atoms with Crippen LogP contribution in [0.5, 0.6) is 11.5 Å². The molecule has 0 spiro atoms. The van der Waals surface area contributed by atoms with Gasteiger partial charge in [-0.1, -0.05) is 18.2 Å². The Morgan fingerprint density at radius 2 is 1.82 bits per heavy atom. The molecule has 0 atom stereocenters. The monoisotopic (exact) mass is 382 g/mol. The fourth-order valence-corrected chi connectivity index (χ4v) is 3.09. The molecule has 1 N–H and O–H groups in total. The molecular weight excluding hydrogens is 372 g/mol. The predicted molar refractivity (Wildman–Crippen MR) is 84.6 cm³/mol. The summed E-state index contributed by atoms with van der Waals surface area (Å²) in [6.45, 7) is 0.170. The van der Waals surface area contributed by atoms with Gasteiger partial charge in [0, 0.05) is 10.0 Å². The van der Waals surface area contributed by atoms with E-state index in [0.29, 0.717) is 17.1 Å². The average molecular weight is 383 g/mol. The van der Waals surface area contributed by atoms with Crippen LogP contribution in [0, 0.1) is 0 Å². The van der Waals surface area contributed by atoms with Crippen molar-refractivity contribution < 1.29 is 17.9 Å². The zero-order valence-corrected chi connectivity index (χ0v) is 13.6. The molecule has 8 heteroatoms. The quantitative estimate of drug-likeness (QED) is 0.650. The fraction of sp³-hybridized carbons (Fsp3) is 0.0714. The number of nitrogens with zero attached hydrogens (tertiary/aromatic N) is 1. The maximum absolute atomic E-state index is 12.0. The third kappa shape index (κ3) is 3.07. The predicted octanol–water partition coefficient (Wildman–Crippen LogP) is 2.49. The van der Waals surface area contributed by atoms with Gasteiger partial charge in [0.15, 0.2) is 11.5 Å². The molecule has 0 saturated carbocycles. The zero-order chi connectivity index (χ0) is 15.6. The summed E-state index contributed by atoms with van der Waals surface area (Å²) in [5.41, 5.74) is 0.667. The Bertz CT molecular complexity index is 822. The van der Waals surface area contributed by atoms with Gasteiger partial charge in [0.2, 0.25) is 6.79 Å². The van der Waals surface area contributed by atoms with E-state index in [2.05, 4.69) is 25.9 Å². The van der Waals surface area contributed by atoms with Crippen molar-refractivity contribution in [1.82, 2.24) is 4.83 Å². The van der Waals surface area contributed by atoms with Crippen molar-refractivity contribution in [2.45, 2.75) is 4.90 Å². The molecule has 2 aromatic carbocycles. The van der Waals surface area contributed by atoms with Gasteiger partial charge >= 0.3 is 0 Å². The Labute approximate surface area is 135 Å². The smallest absolute Gasteiger partial charge is 0.276 e. The zero-order valence-electron chi connectivity index (χ0n) is 11.2. The lowest BCUT2D eigenvalue weighted by molar-refractivity contribution is 0.174. The maximum Gasteiger partial charge on any atom is 0.276 e. The van der Waals surface area contributed by atoms with Crippen LogP contribution in [0.25, 0.3) is 0 Å². The number of benzene rings is 2. The molecule has 0 saturated heterocycles. The Hall–Kier alpha value is -2.06. The van der Waals surface area contributed by atoms with Crippen LogP contribution in [-0.2, 0) is 10.0 Å². The second kappa shape index (κ2) is 5.98. The summed E-state index contributed by atoms with van der Waals surface area (Å²) >= 11 is 3.37. The number of fused-ring (bicyclic) bond motifs is 1. The van der Waals surface area contributed by atoms with Gasteiger partial charge in [-0.05, 0) is 40.2 Å². The van der Waals surface area contributed by atoms with Crippen molar-refractivity contribution in [3.63, 3.8) is 0 Å². The van der Waals surface area contributed by atoms with Gasteiger partial charge in [0.05, 0.1) is 11.1 Å². The highest BCUT2D eigenvalue weighted by molar-refractivity contribution is 9.10. The van der Waals surface area contributed by atoms with Crippen molar-refractivity contribution >= 4 is 32.2 Å². The fourth-order valence-electron chi connectivity index (χ4n) is 1.85. The summed E-state index contributed by atoms with van der Waals surface area (Å²) in [4.78, 5) is 2.32. The Morgan fingerprint density at radius 1 is 1.14 bits per heavy atom. The first-order chi connectivity index (χ1) is 10.6. The first-order valence-corrected chi connectivity index (χ1v) is 8.53. The van der Waals surface area contributed by atoms with Crippen LogP contribution >= 0.6 is 15.9 Å². The largest absolute Gasteiger partial charge is 0.454 e. The van der Waals surface area contributed by atoms with Crippen molar-refractivity contribution in [3.8, 4) is 11.5 Å². The highest BCUT2D eigenvalue weighted by Gasteiger charge is 2.16. The van der Waals surface area contributed by atoms with Crippen LogP contribution in [0.1, 0.15) is 5.56 Å². The standard InChI is InChI=1S/C14H11BrN2O4S/c15-12-7-14-13(20-9-21-14)6-10(12)8-16-17-22(18,19)11-4-2-1-3-5-11/h1-8,17H,9H2/b16-8-. The van der Waals surface area contributed by atoms with E-state index in [1.165, 1.54) is 18.3 Å². The summed E-state index contributed by atoms with van der Waals surface area (Å²) in [5, 5.41) is 3.79. The van der Waals surface area contributed by atoms with E-state index in [-0.39, 0.29) is 11.7 Å². The molecule has 0 fully saturated rings.